The second kappa shape index (κ2) is 17.1. The second-order valence-corrected chi connectivity index (χ2v) is 25.0. The lowest BCUT2D eigenvalue weighted by Gasteiger charge is -2.41. The van der Waals surface area contributed by atoms with Crippen molar-refractivity contribution in [3.8, 4) is 43.1 Å². The van der Waals surface area contributed by atoms with Crippen LogP contribution in [0.3, 0.4) is 0 Å². The lowest BCUT2D eigenvalue weighted by Crippen LogP contribution is -2.60. The van der Waals surface area contributed by atoms with Crippen molar-refractivity contribution >= 4 is 122 Å². The average Bonchev–Trinajstić information content (AvgIpc) is 4.42. The molecule has 2 aliphatic rings. The molecule has 6 heterocycles. The van der Waals surface area contributed by atoms with Crippen molar-refractivity contribution in [1.82, 2.24) is 0 Å². The maximum Gasteiger partial charge on any atom is 0.262 e. The largest absolute Gasteiger partial charge is 0.440 e. The first-order chi connectivity index (χ1) is 37.4. The van der Waals surface area contributed by atoms with E-state index in [0.717, 1.165) is 89.6 Å². The Kier molecular flexibility index (Phi) is 10.2. The molecule has 0 unspecified atom stereocenters. The molecule has 0 radical (unpaired) electrons. The van der Waals surface area contributed by atoms with Gasteiger partial charge in [-0.2, -0.15) is 0 Å². The van der Waals surface area contributed by atoms with Gasteiger partial charge >= 0.3 is 0 Å². The number of thiophene rings is 2. The van der Waals surface area contributed by atoms with Gasteiger partial charge in [0.05, 0.1) is 11.4 Å². The molecule has 9 aromatic carbocycles. The minimum atomic E-state index is -0.248. The van der Waals surface area contributed by atoms with Gasteiger partial charge in [-0.15, -0.1) is 22.7 Å². The van der Waals surface area contributed by atoms with Crippen LogP contribution in [0.4, 0.5) is 34.5 Å². The van der Waals surface area contributed by atoms with Crippen molar-refractivity contribution in [3.63, 3.8) is 0 Å². The van der Waals surface area contributed by atoms with Gasteiger partial charge < -0.3 is 8.83 Å². The smallest absolute Gasteiger partial charge is 0.262 e. The van der Waals surface area contributed by atoms with E-state index in [1.54, 1.807) is 0 Å². The highest BCUT2D eigenvalue weighted by Gasteiger charge is 2.49. The Morgan fingerprint density at radius 2 is 0.792 bits per heavy atom. The lowest BCUT2D eigenvalue weighted by molar-refractivity contribution is 0.589. The monoisotopic (exact) mass is 1030 g/mol. The molecule has 13 aromatic rings. The van der Waals surface area contributed by atoms with E-state index in [-0.39, 0.29) is 17.5 Å². The van der Waals surface area contributed by atoms with Crippen LogP contribution >= 0.6 is 22.7 Å². The number of fused-ring (bicyclic) bond motifs is 10. The van der Waals surface area contributed by atoms with Crippen LogP contribution in [0.15, 0.2) is 221 Å². The Morgan fingerprint density at radius 3 is 1.22 bits per heavy atom. The molecular formula is C70H53BN2O2S2. The standard InChI is InChI=1S/C70H53BN2O2S2/c1-69(2,3)48-30-34-58-52(40-48)64-67(74-58)72(54-32-28-46(36-50(54)42-18-9-7-10-19-42)62-38-44-22-13-15-26-60(44)76-62)56-24-17-25-57-66(56)71(64)65-53-41-49(70(4,5)6)31-35-59(53)75-68(65)73(57)55-33-29-47(37-51(55)43-20-11-8-12-21-43)63-39-45-23-14-16-27-61(45)77-63/h7-41H,1-6H3. The van der Waals surface area contributed by atoms with E-state index in [1.807, 2.05) is 22.7 Å². The number of benzene rings is 9. The normalized spacial score (nSPS) is 13.2. The van der Waals surface area contributed by atoms with E-state index in [2.05, 4.69) is 264 Å². The molecule has 77 heavy (non-hydrogen) atoms. The van der Waals surface area contributed by atoms with Crippen LogP contribution in [-0.4, -0.2) is 6.71 Å². The summed E-state index contributed by atoms with van der Waals surface area (Å²) in [6.07, 6.45) is 0. The van der Waals surface area contributed by atoms with Crippen LogP contribution < -0.4 is 26.2 Å². The Labute approximate surface area is 457 Å². The molecule has 370 valence electrons. The van der Waals surface area contributed by atoms with E-state index in [1.165, 1.54) is 57.6 Å². The molecule has 2 aliphatic heterocycles. The van der Waals surface area contributed by atoms with Gasteiger partial charge in [-0.3, -0.25) is 9.80 Å². The SMILES string of the molecule is CC(C)(C)c1ccc2oc3c(c2c1)B1c2c(cccc2N(c2ccc(-c4cc5ccccc5s4)cc2-c2ccccc2)c2oc4ccc(C(C)(C)C)cc4c21)N3c1ccc(-c2cc3ccccc3s2)cc1-c1ccccc1. The number of nitrogens with zero attached hydrogens (tertiary/aromatic N) is 2. The summed E-state index contributed by atoms with van der Waals surface area (Å²) < 4.78 is 17.5. The summed E-state index contributed by atoms with van der Waals surface area (Å²) in [5.74, 6) is 1.65. The molecule has 0 spiro atoms. The highest BCUT2D eigenvalue weighted by molar-refractivity contribution is 7.22. The fourth-order valence-corrected chi connectivity index (χ4v) is 14.2. The molecule has 0 aliphatic carbocycles. The van der Waals surface area contributed by atoms with Gasteiger partial charge in [-0.05, 0) is 145 Å². The molecule has 0 saturated carbocycles. The summed E-state index contributed by atoms with van der Waals surface area (Å²) in [6.45, 7) is 13.6. The van der Waals surface area contributed by atoms with E-state index < -0.39 is 0 Å². The van der Waals surface area contributed by atoms with Crippen LogP contribution in [0.2, 0.25) is 0 Å². The first kappa shape index (κ1) is 46.0. The maximum atomic E-state index is 7.46. The van der Waals surface area contributed by atoms with E-state index in [0.29, 0.717) is 0 Å². The minimum Gasteiger partial charge on any atom is -0.440 e. The number of rotatable bonds is 6. The zero-order chi connectivity index (χ0) is 51.9. The van der Waals surface area contributed by atoms with Gasteiger partial charge in [0.25, 0.3) is 6.71 Å². The van der Waals surface area contributed by atoms with Crippen molar-refractivity contribution in [1.29, 1.82) is 0 Å². The third-order valence-corrected chi connectivity index (χ3v) is 18.4. The minimum absolute atomic E-state index is 0.104. The van der Waals surface area contributed by atoms with Crippen LogP contribution in [0.1, 0.15) is 52.7 Å². The van der Waals surface area contributed by atoms with Gasteiger partial charge in [0.2, 0.25) is 11.8 Å². The van der Waals surface area contributed by atoms with Crippen LogP contribution in [0.25, 0.3) is 85.2 Å². The molecule has 0 atom stereocenters. The third-order valence-electron chi connectivity index (χ3n) is 16.0. The summed E-state index contributed by atoms with van der Waals surface area (Å²) in [6, 6.07) is 78.4. The van der Waals surface area contributed by atoms with Gasteiger partial charge in [0, 0.05) is 63.4 Å². The summed E-state index contributed by atoms with van der Waals surface area (Å²) in [5.41, 5.74) is 18.6. The zero-order valence-corrected chi connectivity index (χ0v) is 45.4. The number of anilines is 6. The van der Waals surface area contributed by atoms with E-state index in [4.69, 9.17) is 8.83 Å². The number of hydrogen-bond donors (Lipinski definition) is 0. The molecule has 0 saturated heterocycles. The zero-order valence-electron chi connectivity index (χ0n) is 43.8. The highest BCUT2D eigenvalue weighted by atomic mass is 32.1. The third kappa shape index (κ3) is 7.31. The second-order valence-electron chi connectivity index (χ2n) is 22.9. The van der Waals surface area contributed by atoms with Crippen molar-refractivity contribution in [3.05, 3.63) is 223 Å². The van der Waals surface area contributed by atoms with Crippen molar-refractivity contribution < 1.29 is 8.83 Å². The van der Waals surface area contributed by atoms with Gasteiger partial charge in [0.1, 0.15) is 11.2 Å². The van der Waals surface area contributed by atoms with Gasteiger partial charge in [-0.25, -0.2) is 0 Å². The van der Waals surface area contributed by atoms with Gasteiger partial charge in [0.15, 0.2) is 0 Å². The molecule has 7 heteroatoms. The average molecular weight is 1030 g/mol. The fraction of sp³-hybridized carbons (Fsp3) is 0.114. The molecule has 4 nitrogen and oxygen atoms in total. The van der Waals surface area contributed by atoms with E-state index >= 15 is 0 Å². The number of furan rings is 2. The maximum absolute atomic E-state index is 7.46. The Morgan fingerprint density at radius 1 is 0.364 bits per heavy atom. The lowest BCUT2D eigenvalue weighted by atomic mass is 9.33. The van der Waals surface area contributed by atoms with Crippen molar-refractivity contribution in [2.75, 3.05) is 9.80 Å². The van der Waals surface area contributed by atoms with Crippen molar-refractivity contribution in [2.24, 2.45) is 0 Å². The molecule has 15 rings (SSSR count). The first-order valence-electron chi connectivity index (χ1n) is 26.7. The van der Waals surface area contributed by atoms with E-state index in [9.17, 15) is 0 Å². The Hall–Kier alpha value is -8.36. The fourth-order valence-electron chi connectivity index (χ4n) is 12.1. The van der Waals surface area contributed by atoms with Gasteiger partial charge in [-0.1, -0.05) is 169 Å². The van der Waals surface area contributed by atoms with Crippen LogP contribution in [0, 0.1) is 0 Å². The topological polar surface area (TPSA) is 32.8 Å². The summed E-state index contributed by atoms with van der Waals surface area (Å²) >= 11 is 3.68. The molecule has 0 N–H and O–H groups in total. The summed E-state index contributed by atoms with van der Waals surface area (Å²) in [4.78, 5) is 7.35. The molecule has 0 bridgehead atoms. The predicted molar refractivity (Wildman–Crippen MR) is 330 cm³/mol. The quantitative estimate of drug-likeness (QED) is 0.155. The summed E-state index contributed by atoms with van der Waals surface area (Å²) in [5, 5.41) is 4.74. The molecule has 0 fully saturated rings. The van der Waals surface area contributed by atoms with Crippen LogP contribution in [0.5, 0.6) is 0 Å². The highest BCUT2D eigenvalue weighted by Crippen LogP contribution is 2.52. The van der Waals surface area contributed by atoms with Crippen LogP contribution in [-0.2, 0) is 10.8 Å². The summed E-state index contributed by atoms with van der Waals surface area (Å²) in [7, 11) is 0. The molecular weight excluding hydrogens is 976 g/mol. The Bertz CT molecular complexity index is 4160. The first-order valence-corrected chi connectivity index (χ1v) is 28.3. The van der Waals surface area contributed by atoms with Crippen molar-refractivity contribution in [2.45, 2.75) is 52.4 Å². The molecule has 0 amide bonds. The Balaban J connectivity index is 1.04. The number of hydrogen-bond acceptors (Lipinski definition) is 6. The molecule has 4 aromatic heterocycles. The predicted octanol–water partition coefficient (Wildman–Crippen LogP) is 19.0.